The Morgan fingerprint density at radius 3 is 2.75 bits per heavy atom. The van der Waals surface area contributed by atoms with Crippen LogP contribution in [0.25, 0.3) is 0 Å². The lowest BCUT2D eigenvalue weighted by Gasteiger charge is -2.42. The first-order valence-corrected chi connectivity index (χ1v) is 8.63. The summed E-state index contributed by atoms with van der Waals surface area (Å²) in [5.41, 5.74) is 8.57. The summed E-state index contributed by atoms with van der Waals surface area (Å²) in [6.07, 6.45) is 2.84. The zero-order valence-electron chi connectivity index (χ0n) is 14.6. The minimum Gasteiger partial charge on any atom is -0.487 e. The molecule has 1 atom stereocenters. The third-order valence-corrected chi connectivity index (χ3v) is 4.86. The molecule has 1 aliphatic rings. The number of pyridine rings is 1. The summed E-state index contributed by atoms with van der Waals surface area (Å²) in [5.74, 6) is 0.941. The van der Waals surface area contributed by atoms with Crippen LogP contribution in [0.2, 0.25) is 0 Å². The van der Waals surface area contributed by atoms with Gasteiger partial charge in [0.25, 0.3) is 0 Å². The van der Waals surface area contributed by atoms with Crippen LogP contribution in [0, 0.1) is 5.41 Å². The Labute approximate surface area is 144 Å². The van der Waals surface area contributed by atoms with Crippen LogP contribution in [0.1, 0.15) is 31.5 Å². The molecule has 0 amide bonds. The molecule has 0 aliphatic carbocycles. The highest BCUT2D eigenvalue weighted by atomic mass is 16.5. The molecule has 1 aromatic heterocycles. The Balaban J connectivity index is 1.66. The van der Waals surface area contributed by atoms with Crippen LogP contribution in [0.15, 0.2) is 48.7 Å². The second kappa shape index (κ2) is 7.32. The Morgan fingerprint density at radius 2 is 2.00 bits per heavy atom. The number of rotatable bonds is 5. The average molecular weight is 325 g/mol. The van der Waals surface area contributed by atoms with Gasteiger partial charge in [-0.1, -0.05) is 38.1 Å². The van der Waals surface area contributed by atoms with Crippen molar-refractivity contribution in [1.29, 1.82) is 0 Å². The van der Waals surface area contributed by atoms with Crippen LogP contribution in [0.3, 0.4) is 0 Å². The van der Waals surface area contributed by atoms with Crippen LogP contribution in [0.4, 0.5) is 0 Å². The molecule has 2 heterocycles. The predicted molar refractivity (Wildman–Crippen MR) is 96.7 cm³/mol. The quantitative estimate of drug-likeness (QED) is 0.917. The third kappa shape index (κ3) is 4.13. The molecule has 1 unspecified atom stereocenters. The summed E-state index contributed by atoms with van der Waals surface area (Å²) in [6.45, 7) is 7.96. The van der Waals surface area contributed by atoms with Crippen molar-refractivity contribution in [3.8, 4) is 5.75 Å². The zero-order valence-corrected chi connectivity index (χ0v) is 14.6. The van der Waals surface area contributed by atoms with Crippen molar-refractivity contribution in [1.82, 2.24) is 9.88 Å². The van der Waals surface area contributed by atoms with Gasteiger partial charge in [0.2, 0.25) is 0 Å². The Kier molecular flexibility index (Phi) is 5.17. The zero-order chi connectivity index (χ0) is 17.0. The molecule has 1 aromatic carbocycles. The van der Waals surface area contributed by atoms with Gasteiger partial charge in [-0.2, -0.15) is 0 Å². The van der Waals surface area contributed by atoms with Crippen molar-refractivity contribution >= 4 is 0 Å². The van der Waals surface area contributed by atoms with Crippen molar-refractivity contribution in [2.75, 3.05) is 13.1 Å². The second-order valence-electron chi connectivity index (χ2n) is 7.31. The number of piperidine rings is 1. The van der Waals surface area contributed by atoms with Crippen molar-refractivity contribution in [2.45, 2.75) is 39.5 Å². The average Bonchev–Trinajstić information content (AvgIpc) is 2.58. The fourth-order valence-corrected chi connectivity index (χ4v) is 3.27. The van der Waals surface area contributed by atoms with Crippen LogP contribution in [0.5, 0.6) is 5.75 Å². The van der Waals surface area contributed by atoms with Crippen LogP contribution >= 0.6 is 0 Å². The minimum atomic E-state index is 0.155. The highest BCUT2D eigenvalue weighted by molar-refractivity contribution is 5.33. The molecule has 0 bridgehead atoms. The number of likely N-dealkylation sites (tertiary alicyclic amines) is 1. The van der Waals surface area contributed by atoms with Gasteiger partial charge >= 0.3 is 0 Å². The summed E-state index contributed by atoms with van der Waals surface area (Å²) in [6, 6.07) is 14.4. The van der Waals surface area contributed by atoms with Gasteiger partial charge in [-0.15, -0.1) is 0 Å². The Hall–Kier alpha value is -1.91. The van der Waals surface area contributed by atoms with Crippen molar-refractivity contribution in [3.05, 3.63) is 59.9 Å². The summed E-state index contributed by atoms with van der Waals surface area (Å²) in [7, 11) is 0. The molecular weight excluding hydrogens is 298 g/mol. The van der Waals surface area contributed by atoms with Gasteiger partial charge in [0, 0.05) is 37.4 Å². The smallest absolute Gasteiger partial charge is 0.130 e. The van der Waals surface area contributed by atoms with Crippen molar-refractivity contribution in [3.63, 3.8) is 0 Å². The molecule has 1 fully saturated rings. The first-order valence-electron chi connectivity index (χ1n) is 8.63. The van der Waals surface area contributed by atoms with E-state index in [0.717, 1.165) is 37.5 Å². The summed E-state index contributed by atoms with van der Waals surface area (Å²) >= 11 is 0. The third-order valence-electron chi connectivity index (χ3n) is 4.86. The number of ether oxygens (including phenoxy) is 1. The second-order valence-corrected chi connectivity index (χ2v) is 7.31. The van der Waals surface area contributed by atoms with Gasteiger partial charge in [0.15, 0.2) is 0 Å². The Bertz CT molecular complexity index is 657. The lowest BCUT2D eigenvalue weighted by Crippen LogP contribution is -2.52. The highest BCUT2D eigenvalue weighted by Crippen LogP contribution is 2.30. The molecule has 4 heteroatoms. The van der Waals surface area contributed by atoms with Gasteiger partial charge in [-0.05, 0) is 30.0 Å². The molecular formula is C20H27N3O. The maximum Gasteiger partial charge on any atom is 0.130 e. The summed E-state index contributed by atoms with van der Waals surface area (Å²) in [4.78, 5) is 6.80. The maximum atomic E-state index is 6.25. The van der Waals surface area contributed by atoms with E-state index >= 15 is 0 Å². The van der Waals surface area contributed by atoms with Gasteiger partial charge in [-0.3, -0.25) is 9.88 Å². The van der Waals surface area contributed by atoms with E-state index in [1.54, 1.807) is 6.20 Å². The number of para-hydroxylation sites is 1. The molecule has 24 heavy (non-hydrogen) atoms. The number of hydrogen-bond donors (Lipinski definition) is 1. The minimum absolute atomic E-state index is 0.155. The van der Waals surface area contributed by atoms with Crippen LogP contribution in [-0.4, -0.2) is 29.0 Å². The topological polar surface area (TPSA) is 51.4 Å². The molecule has 0 spiro atoms. The van der Waals surface area contributed by atoms with Gasteiger partial charge in [-0.25, -0.2) is 0 Å². The van der Waals surface area contributed by atoms with E-state index in [0.29, 0.717) is 6.61 Å². The largest absolute Gasteiger partial charge is 0.487 e. The molecule has 0 radical (unpaired) electrons. The predicted octanol–water partition coefficient (Wildman–Crippen LogP) is 3.22. The van der Waals surface area contributed by atoms with Gasteiger partial charge in [0.1, 0.15) is 12.4 Å². The number of nitrogens with two attached hydrogens (primary N) is 1. The molecule has 0 saturated carbocycles. The molecule has 128 valence electrons. The number of nitrogens with zero attached hydrogens (tertiary/aromatic N) is 2. The monoisotopic (exact) mass is 325 g/mol. The van der Waals surface area contributed by atoms with E-state index in [1.165, 1.54) is 5.56 Å². The number of benzene rings is 1. The fourth-order valence-electron chi connectivity index (χ4n) is 3.27. The van der Waals surface area contributed by atoms with Crippen LogP contribution in [-0.2, 0) is 13.2 Å². The molecule has 1 aliphatic heterocycles. The maximum absolute atomic E-state index is 6.25. The van der Waals surface area contributed by atoms with Gasteiger partial charge < -0.3 is 10.5 Å². The summed E-state index contributed by atoms with van der Waals surface area (Å²) in [5, 5.41) is 0. The van der Waals surface area contributed by atoms with Crippen molar-refractivity contribution < 1.29 is 4.74 Å². The highest BCUT2D eigenvalue weighted by Gasteiger charge is 2.33. The molecule has 4 nitrogen and oxygen atoms in total. The first-order chi connectivity index (χ1) is 11.5. The number of hydrogen-bond acceptors (Lipinski definition) is 4. The summed E-state index contributed by atoms with van der Waals surface area (Å²) < 4.78 is 6.02. The standard InChI is InChI=1S/C20H27N3O/c1-20(2)15-23(12-10-19(20)21)13-16-7-3-4-9-18(16)24-14-17-8-5-6-11-22-17/h3-9,11,19H,10,12-15,21H2,1-2H3. The van der Waals surface area contributed by atoms with Gasteiger partial charge in [0.05, 0.1) is 5.69 Å². The molecule has 2 aromatic rings. The van der Waals surface area contributed by atoms with E-state index in [9.17, 15) is 0 Å². The van der Waals surface area contributed by atoms with Crippen molar-refractivity contribution in [2.24, 2.45) is 11.1 Å². The van der Waals surface area contributed by atoms with E-state index in [1.807, 2.05) is 30.3 Å². The molecule has 2 N–H and O–H groups in total. The van der Waals surface area contributed by atoms with Crippen LogP contribution < -0.4 is 10.5 Å². The lowest BCUT2D eigenvalue weighted by molar-refractivity contribution is 0.0889. The van der Waals surface area contributed by atoms with E-state index in [2.05, 4.69) is 35.9 Å². The fraction of sp³-hybridized carbons (Fsp3) is 0.450. The van der Waals surface area contributed by atoms with E-state index < -0.39 is 0 Å². The first kappa shape index (κ1) is 16.9. The van der Waals surface area contributed by atoms with E-state index in [4.69, 9.17) is 10.5 Å². The lowest BCUT2D eigenvalue weighted by atomic mass is 9.79. The Morgan fingerprint density at radius 1 is 1.21 bits per heavy atom. The normalized spacial score (nSPS) is 20.7. The molecule has 1 saturated heterocycles. The SMILES string of the molecule is CC1(C)CN(Cc2ccccc2OCc2ccccn2)CCC1N. The molecule has 3 rings (SSSR count). The van der Waals surface area contributed by atoms with E-state index in [-0.39, 0.29) is 11.5 Å². The number of aromatic nitrogens is 1.